The lowest BCUT2D eigenvalue weighted by molar-refractivity contribution is 0.135. The first-order valence-electron chi connectivity index (χ1n) is 14.2. The fourth-order valence-corrected chi connectivity index (χ4v) is 7.34. The van der Waals surface area contributed by atoms with Crippen LogP contribution in [-0.4, -0.2) is 78.9 Å². The lowest BCUT2D eigenvalue weighted by atomic mass is 9.90. The van der Waals surface area contributed by atoms with Gasteiger partial charge in [0.2, 0.25) is 0 Å². The maximum Gasteiger partial charge on any atom is 0.192 e. The SMILES string of the molecule is Cc1nc(C2CC(O[Si](C)(C)C(C)(C)C)CN2[C@H]2CCCc3cccnc32)cc(N2CCN(C)CC2)n1. The first-order chi connectivity index (χ1) is 17.5. The van der Waals surface area contributed by atoms with E-state index in [2.05, 4.69) is 73.8 Å². The summed E-state index contributed by atoms with van der Waals surface area (Å²) >= 11 is 0. The molecule has 0 radical (unpaired) electrons. The highest BCUT2D eigenvalue weighted by Gasteiger charge is 2.45. The molecule has 0 spiro atoms. The molecule has 202 valence electrons. The highest BCUT2D eigenvalue weighted by atomic mass is 28.4. The van der Waals surface area contributed by atoms with Gasteiger partial charge in [-0.05, 0) is 69.4 Å². The van der Waals surface area contributed by atoms with Crippen LogP contribution in [0.5, 0.6) is 0 Å². The van der Waals surface area contributed by atoms with Crippen LogP contribution in [0.2, 0.25) is 18.1 Å². The third kappa shape index (κ3) is 5.63. The van der Waals surface area contributed by atoms with Gasteiger partial charge in [-0.25, -0.2) is 9.97 Å². The van der Waals surface area contributed by atoms with Gasteiger partial charge in [-0.15, -0.1) is 0 Å². The zero-order valence-electron chi connectivity index (χ0n) is 24.0. The summed E-state index contributed by atoms with van der Waals surface area (Å²) in [6.45, 7) is 18.9. The van der Waals surface area contributed by atoms with Crippen LogP contribution in [0, 0.1) is 6.92 Å². The van der Waals surface area contributed by atoms with E-state index in [0.717, 1.165) is 69.3 Å². The summed E-state index contributed by atoms with van der Waals surface area (Å²) in [5, 5.41) is 0.189. The van der Waals surface area contributed by atoms with E-state index in [1.807, 2.05) is 13.1 Å². The number of nitrogens with zero attached hydrogens (tertiary/aromatic N) is 6. The Morgan fingerprint density at radius 3 is 2.54 bits per heavy atom. The number of hydrogen-bond acceptors (Lipinski definition) is 7. The molecule has 2 saturated heterocycles. The van der Waals surface area contributed by atoms with E-state index in [1.54, 1.807) is 0 Å². The van der Waals surface area contributed by atoms with E-state index < -0.39 is 8.32 Å². The van der Waals surface area contributed by atoms with Crippen LogP contribution >= 0.6 is 0 Å². The number of piperazine rings is 1. The Morgan fingerprint density at radius 2 is 1.81 bits per heavy atom. The molecule has 2 aromatic rings. The van der Waals surface area contributed by atoms with Crippen LogP contribution in [-0.2, 0) is 10.8 Å². The number of aromatic nitrogens is 3. The van der Waals surface area contributed by atoms with Gasteiger partial charge in [-0.1, -0.05) is 26.8 Å². The molecule has 1 aliphatic carbocycles. The van der Waals surface area contributed by atoms with Gasteiger partial charge in [0.25, 0.3) is 0 Å². The van der Waals surface area contributed by atoms with E-state index in [4.69, 9.17) is 19.4 Å². The minimum absolute atomic E-state index is 0.189. The number of fused-ring (bicyclic) bond motifs is 1. The van der Waals surface area contributed by atoms with Crippen LogP contribution in [0.3, 0.4) is 0 Å². The highest BCUT2D eigenvalue weighted by molar-refractivity contribution is 6.74. The quantitative estimate of drug-likeness (QED) is 0.504. The van der Waals surface area contributed by atoms with Crippen LogP contribution in [0.25, 0.3) is 0 Å². The molecule has 5 rings (SSSR count). The third-order valence-electron chi connectivity index (χ3n) is 9.15. The topological polar surface area (TPSA) is 57.6 Å². The lowest BCUT2D eigenvalue weighted by Crippen LogP contribution is -2.45. The zero-order chi connectivity index (χ0) is 26.4. The van der Waals surface area contributed by atoms with Crippen molar-refractivity contribution in [2.45, 2.75) is 89.7 Å². The summed E-state index contributed by atoms with van der Waals surface area (Å²) in [6.07, 6.45) is 6.62. The average Bonchev–Trinajstić information content (AvgIpc) is 3.26. The molecule has 0 amide bonds. The van der Waals surface area contributed by atoms with Crippen molar-refractivity contribution in [3.05, 3.63) is 47.2 Å². The number of aryl methyl sites for hydroxylation is 2. The molecule has 2 aliphatic heterocycles. The van der Waals surface area contributed by atoms with Crippen molar-refractivity contribution < 1.29 is 4.43 Å². The van der Waals surface area contributed by atoms with Crippen LogP contribution in [0.1, 0.15) is 74.9 Å². The average molecular weight is 523 g/mol. The second kappa shape index (κ2) is 10.4. The van der Waals surface area contributed by atoms with E-state index >= 15 is 0 Å². The summed E-state index contributed by atoms with van der Waals surface area (Å²) in [5.41, 5.74) is 3.81. The van der Waals surface area contributed by atoms with E-state index in [9.17, 15) is 0 Å². The van der Waals surface area contributed by atoms with Gasteiger partial charge in [0.05, 0.1) is 29.6 Å². The van der Waals surface area contributed by atoms with Gasteiger partial charge >= 0.3 is 0 Å². The molecule has 8 heteroatoms. The normalized spacial score (nSPS) is 25.9. The van der Waals surface area contributed by atoms with E-state index in [0.29, 0.717) is 6.04 Å². The number of rotatable bonds is 5. The molecular weight excluding hydrogens is 476 g/mol. The molecule has 0 bridgehead atoms. The summed E-state index contributed by atoms with van der Waals surface area (Å²) in [5.74, 6) is 1.94. The largest absolute Gasteiger partial charge is 0.413 e. The molecule has 0 N–H and O–H groups in total. The van der Waals surface area contributed by atoms with Crippen LogP contribution in [0.15, 0.2) is 24.4 Å². The van der Waals surface area contributed by atoms with Gasteiger partial charge in [0.1, 0.15) is 11.6 Å². The predicted octanol–water partition coefficient (Wildman–Crippen LogP) is 5.15. The summed E-state index contributed by atoms with van der Waals surface area (Å²) in [4.78, 5) is 22.3. The second-order valence-electron chi connectivity index (χ2n) is 12.9. The number of likely N-dealkylation sites (N-methyl/N-ethyl adjacent to an activating group) is 1. The van der Waals surface area contributed by atoms with Crippen molar-refractivity contribution in [2.75, 3.05) is 44.7 Å². The van der Waals surface area contributed by atoms with Crippen LogP contribution < -0.4 is 4.90 Å². The molecule has 0 saturated carbocycles. The van der Waals surface area contributed by atoms with Crippen molar-refractivity contribution in [1.82, 2.24) is 24.8 Å². The lowest BCUT2D eigenvalue weighted by Gasteiger charge is -2.39. The van der Waals surface area contributed by atoms with E-state index in [1.165, 1.54) is 17.7 Å². The minimum Gasteiger partial charge on any atom is -0.413 e. The molecular formula is C29H46N6OSi. The molecule has 37 heavy (non-hydrogen) atoms. The number of anilines is 1. The summed E-state index contributed by atoms with van der Waals surface area (Å²) in [7, 11) is 0.303. The molecule has 2 aromatic heterocycles. The standard InChI is InChI=1S/C29H46N6OSi/c1-21-31-24(19-27(32-21)34-16-14-33(5)15-17-34)26-18-23(36-37(6,7)29(2,3)4)20-35(26)25-12-8-10-22-11-9-13-30-28(22)25/h9,11,13,19,23,25-26H,8,10,12,14-18,20H2,1-7H3/t23?,25-,26?/m0/s1. The summed E-state index contributed by atoms with van der Waals surface area (Å²) < 4.78 is 7.03. The first-order valence-corrected chi connectivity index (χ1v) is 17.1. The second-order valence-corrected chi connectivity index (χ2v) is 17.6. The third-order valence-corrected chi connectivity index (χ3v) is 13.7. The van der Waals surface area contributed by atoms with Crippen molar-refractivity contribution in [1.29, 1.82) is 0 Å². The molecule has 2 fully saturated rings. The van der Waals surface area contributed by atoms with Crippen LogP contribution in [0.4, 0.5) is 5.82 Å². The van der Waals surface area contributed by atoms with Gasteiger partial charge in [-0.2, -0.15) is 0 Å². The molecule has 7 nitrogen and oxygen atoms in total. The van der Waals surface area contributed by atoms with E-state index in [-0.39, 0.29) is 17.2 Å². The molecule has 0 aromatic carbocycles. The molecule has 2 unspecified atom stereocenters. The highest BCUT2D eigenvalue weighted by Crippen LogP contribution is 2.46. The van der Waals surface area contributed by atoms with Crippen molar-refractivity contribution in [3.63, 3.8) is 0 Å². The number of pyridine rings is 1. The van der Waals surface area contributed by atoms with Gasteiger partial charge < -0.3 is 14.2 Å². The van der Waals surface area contributed by atoms with Gasteiger partial charge in [0, 0.05) is 45.0 Å². The molecule has 3 aliphatic rings. The Kier molecular flexibility index (Phi) is 7.48. The van der Waals surface area contributed by atoms with Crippen molar-refractivity contribution in [2.24, 2.45) is 0 Å². The van der Waals surface area contributed by atoms with Gasteiger partial charge in [-0.3, -0.25) is 9.88 Å². The molecule has 3 atom stereocenters. The predicted molar refractivity (Wildman–Crippen MR) is 153 cm³/mol. The van der Waals surface area contributed by atoms with Crippen molar-refractivity contribution >= 4 is 14.1 Å². The Labute approximate surface area is 224 Å². The maximum absolute atomic E-state index is 7.03. The Balaban J connectivity index is 1.48. The zero-order valence-corrected chi connectivity index (χ0v) is 25.0. The number of likely N-dealkylation sites (tertiary alicyclic amines) is 1. The van der Waals surface area contributed by atoms with Gasteiger partial charge in [0.15, 0.2) is 8.32 Å². The Bertz CT molecular complexity index is 1090. The number of hydrogen-bond donors (Lipinski definition) is 0. The first kappa shape index (κ1) is 26.7. The smallest absolute Gasteiger partial charge is 0.192 e. The molecule has 4 heterocycles. The monoisotopic (exact) mass is 522 g/mol. The Morgan fingerprint density at radius 1 is 1.05 bits per heavy atom. The minimum atomic E-state index is -1.89. The fraction of sp³-hybridized carbons (Fsp3) is 0.690. The summed E-state index contributed by atoms with van der Waals surface area (Å²) in [6, 6.07) is 7.14. The Hall–Kier alpha value is -1.87. The fourth-order valence-electron chi connectivity index (χ4n) is 5.99. The van der Waals surface area contributed by atoms with Crippen molar-refractivity contribution in [3.8, 4) is 0 Å². The maximum atomic E-state index is 7.03.